The van der Waals surface area contributed by atoms with E-state index in [1.54, 1.807) is 0 Å². The lowest BCUT2D eigenvalue weighted by Crippen LogP contribution is -2.03. The third-order valence-electron chi connectivity index (χ3n) is 2.07. The summed E-state index contributed by atoms with van der Waals surface area (Å²) in [5, 5.41) is 8.62. The second kappa shape index (κ2) is 3.47. The Labute approximate surface area is 77.2 Å². The molecule has 1 rings (SSSR count). The van der Waals surface area contributed by atoms with Gasteiger partial charge in [0, 0.05) is 5.69 Å². The first kappa shape index (κ1) is 9.58. The van der Waals surface area contributed by atoms with Crippen LogP contribution in [-0.4, -0.2) is 11.1 Å². The van der Waals surface area contributed by atoms with Gasteiger partial charge in [0.25, 0.3) is 0 Å². The number of benzene rings is 1. The van der Waals surface area contributed by atoms with Gasteiger partial charge in [-0.15, -0.1) is 0 Å². The molecule has 0 aromatic heterocycles. The number of hydrogen-bond acceptors (Lipinski definition) is 2. The Balaban J connectivity index is 3.08. The highest BCUT2D eigenvalue weighted by molar-refractivity contribution is 5.71. The molecule has 3 N–H and O–H groups in total. The van der Waals surface area contributed by atoms with Crippen molar-refractivity contribution in [2.45, 2.75) is 20.3 Å². The third-order valence-corrected chi connectivity index (χ3v) is 2.07. The van der Waals surface area contributed by atoms with E-state index < -0.39 is 5.97 Å². The molecule has 1 aromatic rings. The maximum absolute atomic E-state index is 10.5. The molecular formula is C10H13NO2. The number of aryl methyl sites for hydroxylation is 2. The summed E-state index contributed by atoms with van der Waals surface area (Å²) in [6, 6.07) is 3.65. The van der Waals surface area contributed by atoms with Crippen LogP contribution >= 0.6 is 0 Å². The molecule has 0 saturated heterocycles. The van der Waals surface area contributed by atoms with Crippen LogP contribution in [0.15, 0.2) is 12.1 Å². The standard InChI is InChI=1S/C10H13NO2/c1-6-4-9(11)7(2)3-8(6)5-10(12)13/h3-4H,5,11H2,1-2H3,(H,12,13). The fourth-order valence-corrected chi connectivity index (χ4v) is 1.25. The SMILES string of the molecule is Cc1cc(CC(=O)O)c(C)cc1N. The summed E-state index contributed by atoms with van der Waals surface area (Å²) in [7, 11) is 0. The van der Waals surface area contributed by atoms with Crippen molar-refractivity contribution in [3.8, 4) is 0 Å². The summed E-state index contributed by atoms with van der Waals surface area (Å²) < 4.78 is 0. The van der Waals surface area contributed by atoms with Crippen molar-refractivity contribution < 1.29 is 9.90 Å². The van der Waals surface area contributed by atoms with E-state index in [4.69, 9.17) is 10.8 Å². The Hall–Kier alpha value is -1.51. The molecule has 0 aliphatic heterocycles. The maximum Gasteiger partial charge on any atom is 0.307 e. The van der Waals surface area contributed by atoms with Gasteiger partial charge in [0.2, 0.25) is 0 Å². The van der Waals surface area contributed by atoms with Crippen molar-refractivity contribution in [2.24, 2.45) is 0 Å². The molecule has 0 saturated carbocycles. The van der Waals surface area contributed by atoms with Gasteiger partial charge in [0.1, 0.15) is 0 Å². The summed E-state index contributed by atoms with van der Waals surface area (Å²) in [4.78, 5) is 10.5. The van der Waals surface area contributed by atoms with E-state index in [2.05, 4.69) is 0 Å². The van der Waals surface area contributed by atoms with Crippen LogP contribution < -0.4 is 5.73 Å². The predicted molar refractivity (Wildman–Crippen MR) is 51.7 cm³/mol. The normalized spacial score (nSPS) is 10.0. The first-order valence-electron chi connectivity index (χ1n) is 4.08. The molecule has 3 heteroatoms. The lowest BCUT2D eigenvalue weighted by molar-refractivity contribution is -0.136. The highest BCUT2D eigenvalue weighted by Crippen LogP contribution is 2.17. The number of carbonyl (C=O) groups is 1. The van der Waals surface area contributed by atoms with E-state index in [9.17, 15) is 4.79 Å². The minimum absolute atomic E-state index is 0.0625. The Morgan fingerprint density at radius 2 is 2.00 bits per heavy atom. The number of nitrogens with two attached hydrogens (primary N) is 1. The number of aliphatic carboxylic acids is 1. The zero-order chi connectivity index (χ0) is 10.0. The first-order valence-corrected chi connectivity index (χ1v) is 4.08. The summed E-state index contributed by atoms with van der Waals surface area (Å²) >= 11 is 0. The lowest BCUT2D eigenvalue weighted by atomic mass is 10.0. The largest absolute Gasteiger partial charge is 0.481 e. The van der Waals surface area contributed by atoms with Crippen LogP contribution in [0.2, 0.25) is 0 Å². The van der Waals surface area contributed by atoms with Crippen LogP contribution in [0.3, 0.4) is 0 Å². The third kappa shape index (κ3) is 2.21. The van der Waals surface area contributed by atoms with Gasteiger partial charge in [0.05, 0.1) is 6.42 Å². The minimum atomic E-state index is -0.813. The average molecular weight is 179 g/mol. The maximum atomic E-state index is 10.5. The van der Waals surface area contributed by atoms with Gasteiger partial charge in [-0.05, 0) is 36.6 Å². The second-order valence-electron chi connectivity index (χ2n) is 3.21. The van der Waals surface area contributed by atoms with E-state index in [1.807, 2.05) is 26.0 Å². The predicted octanol–water partition coefficient (Wildman–Crippen LogP) is 1.51. The van der Waals surface area contributed by atoms with E-state index in [-0.39, 0.29) is 6.42 Å². The first-order chi connectivity index (χ1) is 6.00. The van der Waals surface area contributed by atoms with Gasteiger partial charge in [-0.3, -0.25) is 4.79 Å². The Morgan fingerprint density at radius 1 is 1.38 bits per heavy atom. The number of anilines is 1. The van der Waals surface area contributed by atoms with Crippen LogP contribution in [0.4, 0.5) is 5.69 Å². The van der Waals surface area contributed by atoms with Crippen LogP contribution in [-0.2, 0) is 11.2 Å². The molecule has 70 valence electrons. The summed E-state index contributed by atoms with van der Waals surface area (Å²) in [6.07, 6.45) is 0.0625. The number of carboxylic acid groups (broad SMARTS) is 1. The number of carboxylic acids is 1. The van der Waals surface area contributed by atoms with Crippen LogP contribution in [0, 0.1) is 13.8 Å². The topological polar surface area (TPSA) is 63.3 Å². The van der Waals surface area contributed by atoms with Gasteiger partial charge in [-0.1, -0.05) is 6.07 Å². The van der Waals surface area contributed by atoms with E-state index in [0.717, 1.165) is 16.7 Å². The molecule has 0 heterocycles. The number of rotatable bonds is 2. The monoisotopic (exact) mass is 179 g/mol. The molecule has 0 aliphatic rings. The van der Waals surface area contributed by atoms with Crippen LogP contribution in [0.5, 0.6) is 0 Å². The zero-order valence-electron chi connectivity index (χ0n) is 7.79. The highest BCUT2D eigenvalue weighted by Gasteiger charge is 2.05. The molecule has 0 fully saturated rings. The lowest BCUT2D eigenvalue weighted by Gasteiger charge is -2.07. The van der Waals surface area contributed by atoms with E-state index >= 15 is 0 Å². The van der Waals surface area contributed by atoms with Gasteiger partial charge in [-0.25, -0.2) is 0 Å². The van der Waals surface area contributed by atoms with E-state index in [0.29, 0.717) is 5.69 Å². The molecule has 1 aromatic carbocycles. The smallest absolute Gasteiger partial charge is 0.307 e. The van der Waals surface area contributed by atoms with Crippen molar-refractivity contribution in [1.29, 1.82) is 0 Å². The van der Waals surface area contributed by atoms with Gasteiger partial charge >= 0.3 is 5.97 Å². The van der Waals surface area contributed by atoms with Crippen molar-refractivity contribution in [2.75, 3.05) is 5.73 Å². The fraction of sp³-hybridized carbons (Fsp3) is 0.300. The minimum Gasteiger partial charge on any atom is -0.481 e. The Kier molecular flexibility index (Phi) is 2.56. The summed E-state index contributed by atoms with van der Waals surface area (Å²) in [6.45, 7) is 3.74. The Bertz CT molecular complexity index is 345. The molecule has 0 unspecified atom stereocenters. The molecule has 3 nitrogen and oxygen atoms in total. The van der Waals surface area contributed by atoms with Crippen LogP contribution in [0.1, 0.15) is 16.7 Å². The molecule has 0 amide bonds. The average Bonchev–Trinajstić information content (AvgIpc) is 1.99. The summed E-state index contributed by atoms with van der Waals surface area (Å²) in [5.41, 5.74) is 9.09. The number of hydrogen-bond donors (Lipinski definition) is 2. The summed E-state index contributed by atoms with van der Waals surface area (Å²) in [5.74, 6) is -0.813. The Morgan fingerprint density at radius 3 is 2.54 bits per heavy atom. The fourth-order valence-electron chi connectivity index (χ4n) is 1.25. The highest BCUT2D eigenvalue weighted by atomic mass is 16.4. The van der Waals surface area contributed by atoms with Gasteiger partial charge < -0.3 is 10.8 Å². The molecule has 0 atom stereocenters. The van der Waals surface area contributed by atoms with Crippen molar-refractivity contribution in [3.63, 3.8) is 0 Å². The quantitative estimate of drug-likeness (QED) is 0.676. The molecular weight excluding hydrogens is 166 g/mol. The van der Waals surface area contributed by atoms with E-state index in [1.165, 1.54) is 0 Å². The van der Waals surface area contributed by atoms with Crippen molar-refractivity contribution in [3.05, 3.63) is 28.8 Å². The molecule has 13 heavy (non-hydrogen) atoms. The molecule has 0 aliphatic carbocycles. The number of nitrogen functional groups attached to an aromatic ring is 1. The molecule has 0 radical (unpaired) electrons. The van der Waals surface area contributed by atoms with Gasteiger partial charge in [0.15, 0.2) is 0 Å². The van der Waals surface area contributed by atoms with Gasteiger partial charge in [-0.2, -0.15) is 0 Å². The second-order valence-corrected chi connectivity index (χ2v) is 3.21. The van der Waals surface area contributed by atoms with Crippen LogP contribution in [0.25, 0.3) is 0 Å². The molecule has 0 bridgehead atoms. The molecule has 0 spiro atoms. The van der Waals surface area contributed by atoms with Crippen molar-refractivity contribution >= 4 is 11.7 Å². The zero-order valence-corrected chi connectivity index (χ0v) is 7.79. The van der Waals surface area contributed by atoms with Crippen molar-refractivity contribution in [1.82, 2.24) is 0 Å².